The summed E-state index contributed by atoms with van der Waals surface area (Å²) in [7, 11) is 0. The Morgan fingerprint density at radius 1 is 1.19 bits per heavy atom. The summed E-state index contributed by atoms with van der Waals surface area (Å²) >= 11 is 0. The molecule has 1 saturated heterocycles. The Kier molecular flexibility index (Phi) is 7.60. The summed E-state index contributed by atoms with van der Waals surface area (Å²) in [4.78, 5) is 19.1. The number of nitrogens with one attached hydrogen (secondary N) is 1. The lowest BCUT2D eigenvalue weighted by molar-refractivity contribution is -0.123. The Bertz CT molecular complexity index is 890. The van der Waals surface area contributed by atoms with E-state index in [0.29, 0.717) is 26.4 Å². The van der Waals surface area contributed by atoms with Crippen LogP contribution in [0, 0.1) is 5.92 Å². The molecule has 0 saturated carbocycles. The zero-order chi connectivity index (χ0) is 22.3. The number of amides is 1. The molecule has 0 radical (unpaired) electrons. The SMILES string of the molecule is CC(C)[C@@H](NC(=O)CN1CC[C@@H](OCc2ccncc2)C1)c1ccc2c(c1)OCCCO2. The molecule has 3 heterocycles. The molecule has 0 unspecified atom stereocenters. The van der Waals surface area contributed by atoms with E-state index in [1.54, 1.807) is 12.4 Å². The van der Waals surface area contributed by atoms with Crippen molar-refractivity contribution in [1.82, 2.24) is 15.2 Å². The van der Waals surface area contributed by atoms with Gasteiger partial charge in [-0.3, -0.25) is 14.7 Å². The summed E-state index contributed by atoms with van der Waals surface area (Å²) in [6.45, 7) is 8.14. The second-order valence-electron chi connectivity index (χ2n) is 8.86. The molecular formula is C25H33N3O4. The molecular weight excluding hydrogens is 406 g/mol. The minimum Gasteiger partial charge on any atom is -0.490 e. The highest BCUT2D eigenvalue weighted by molar-refractivity contribution is 5.78. The molecule has 2 atom stereocenters. The number of carbonyl (C=O) groups is 1. The molecule has 1 N–H and O–H groups in total. The van der Waals surface area contributed by atoms with Gasteiger partial charge in [0.2, 0.25) is 5.91 Å². The van der Waals surface area contributed by atoms with Crippen molar-refractivity contribution in [2.45, 2.75) is 45.4 Å². The van der Waals surface area contributed by atoms with Crippen LogP contribution in [0.1, 0.15) is 43.9 Å². The Morgan fingerprint density at radius 3 is 2.75 bits per heavy atom. The third kappa shape index (κ3) is 5.99. The molecule has 172 valence electrons. The number of benzene rings is 1. The van der Waals surface area contributed by atoms with Crippen LogP contribution in [0.2, 0.25) is 0 Å². The van der Waals surface area contributed by atoms with Gasteiger partial charge in [-0.15, -0.1) is 0 Å². The second-order valence-corrected chi connectivity index (χ2v) is 8.86. The molecule has 2 aliphatic heterocycles. The number of likely N-dealkylation sites (tertiary alicyclic amines) is 1. The number of fused-ring (bicyclic) bond motifs is 1. The fourth-order valence-corrected chi connectivity index (χ4v) is 4.20. The van der Waals surface area contributed by atoms with Crippen molar-refractivity contribution < 1.29 is 19.0 Å². The van der Waals surface area contributed by atoms with Crippen molar-refractivity contribution in [2.24, 2.45) is 5.92 Å². The predicted molar refractivity (Wildman–Crippen MR) is 122 cm³/mol. The third-order valence-corrected chi connectivity index (χ3v) is 5.95. The number of hydrogen-bond acceptors (Lipinski definition) is 6. The van der Waals surface area contributed by atoms with Crippen LogP contribution >= 0.6 is 0 Å². The summed E-state index contributed by atoms with van der Waals surface area (Å²) < 4.78 is 17.6. The van der Waals surface area contributed by atoms with E-state index in [4.69, 9.17) is 14.2 Å². The number of aromatic nitrogens is 1. The van der Waals surface area contributed by atoms with Gasteiger partial charge in [0.1, 0.15) is 0 Å². The normalized spacial score (nSPS) is 19.5. The predicted octanol–water partition coefficient (Wildman–Crippen LogP) is 3.35. The number of ether oxygens (including phenoxy) is 3. The Hall–Kier alpha value is -2.64. The highest BCUT2D eigenvalue weighted by Crippen LogP contribution is 2.34. The van der Waals surface area contributed by atoms with Gasteiger partial charge in [0.25, 0.3) is 0 Å². The van der Waals surface area contributed by atoms with Gasteiger partial charge < -0.3 is 19.5 Å². The standard InChI is InChI=1S/C25H33N3O4/c1-18(2)25(20-4-5-22-23(14-20)31-13-3-12-30-22)27-24(29)16-28-11-8-21(15-28)32-17-19-6-9-26-10-7-19/h4-7,9-10,14,18,21,25H,3,8,11-13,15-17H2,1-2H3,(H,27,29)/t21-,25-/m1/s1. The summed E-state index contributed by atoms with van der Waals surface area (Å²) in [5.41, 5.74) is 2.16. The molecule has 4 rings (SSSR count). The van der Waals surface area contributed by atoms with E-state index in [1.807, 2.05) is 30.3 Å². The van der Waals surface area contributed by atoms with Crippen LogP contribution < -0.4 is 14.8 Å². The van der Waals surface area contributed by atoms with Gasteiger partial charge in [-0.2, -0.15) is 0 Å². The first kappa shape index (κ1) is 22.6. The first-order chi connectivity index (χ1) is 15.6. The summed E-state index contributed by atoms with van der Waals surface area (Å²) in [5.74, 6) is 1.81. The first-order valence-electron chi connectivity index (χ1n) is 11.5. The molecule has 2 aliphatic rings. The lowest BCUT2D eigenvalue weighted by atomic mass is 9.95. The fraction of sp³-hybridized carbons (Fsp3) is 0.520. The van der Waals surface area contributed by atoms with Gasteiger partial charge in [0, 0.05) is 31.9 Å². The van der Waals surface area contributed by atoms with Gasteiger partial charge in [-0.1, -0.05) is 19.9 Å². The van der Waals surface area contributed by atoms with Gasteiger partial charge in [-0.05, 0) is 47.7 Å². The molecule has 2 aromatic rings. The van der Waals surface area contributed by atoms with Gasteiger partial charge in [-0.25, -0.2) is 0 Å². The number of hydrogen-bond donors (Lipinski definition) is 1. The molecule has 32 heavy (non-hydrogen) atoms. The lowest BCUT2D eigenvalue weighted by Gasteiger charge is -2.25. The van der Waals surface area contributed by atoms with Crippen LogP contribution in [0.5, 0.6) is 11.5 Å². The van der Waals surface area contributed by atoms with Crippen molar-refractivity contribution in [2.75, 3.05) is 32.8 Å². The van der Waals surface area contributed by atoms with Crippen LogP contribution in [0.15, 0.2) is 42.7 Å². The molecule has 0 spiro atoms. The number of rotatable bonds is 8. The van der Waals surface area contributed by atoms with E-state index in [9.17, 15) is 4.79 Å². The lowest BCUT2D eigenvalue weighted by Crippen LogP contribution is -2.39. The minimum absolute atomic E-state index is 0.0330. The van der Waals surface area contributed by atoms with Crippen LogP contribution in [0.25, 0.3) is 0 Å². The topological polar surface area (TPSA) is 72.9 Å². The van der Waals surface area contributed by atoms with Crippen LogP contribution in [-0.2, 0) is 16.1 Å². The molecule has 1 aromatic heterocycles. The Balaban J connectivity index is 1.30. The summed E-state index contributed by atoms with van der Waals surface area (Å²) in [5, 5.41) is 3.23. The largest absolute Gasteiger partial charge is 0.490 e. The highest BCUT2D eigenvalue weighted by atomic mass is 16.5. The molecule has 7 heteroatoms. The van der Waals surface area contributed by atoms with Crippen molar-refractivity contribution >= 4 is 5.91 Å². The van der Waals surface area contributed by atoms with Crippen LogP contribution in [-0.4, -0.2) is 54.7 Å². The van der Waals surface area contributed by atoms with Crippen molar-refractivity contribution in [3.8, 4) is 11.5 Å². The van der Waals surface area contributed by atoms with Gasteiger partial charge in [0.05, 0.1) is 38.5 Å². The quantitative estimate of drug-likeness (QED) is 0.680. The van der Waals surface area contributed by atoms with Gasteiger partial charge in [0.15, 0.2) is 11.5 Å². The Morgan fingerprint density at radius 2 is 1.97 bits per heavy atom. The molecule has 0 aliphatic carbocycles. The molecule has 0 bridgehead atoms. The van der Waals surface area contributed by atoms with Crippen molar-refractivity contribution in [3.63, 3.8) is 0 Å². The second kappa shape index (κ2) is 10.8. The maximum Gasteiger partial charge on any atom is 0.234 e. The first-order valence-corrected chi connectivity index (χ1v) is 11.5. The Labute approximate surface area is 190 Å². The van der Waals surface area contributed by atoms with Crippen LogP contribution in [0.3, 0.4) is 0 Å². The van der Waals surface area contributed by atoms with E-state index < -0.39 is 0 Å². The van der Waals surface area contributed by atoms with E-state index in [-0.39, 0.29) is 24.0 Å². The summed E-state index contributed by atoms with van der Waals surface area (Å²) in [6, 6.07) is 9.82. The fourth-order valence-electron chi connectivity index (χ4n) is 4.20. The summed E-state index contributed by atoms with van der Waals surface area (Å²) in [6.07, 6.45) is 5.51. The van der Waals surface area contributed by atoms with Gasteiger partial charge >= 0.3 is 0 Å². The molecule has 1 aromatic carbocycles. The smallest absolute Gasteiger partial charge is 0.234 e. The van der Waals surface area contributed by atoms with Crippen LogP contribution in [0.4, 0.5) is 0 Å². The average Bonchev–Trinajstić information content (AvgIpc) is 3.10. The number of carbonyl (C=O) groups excluding carboxylic acids is 1. The van der Waals surface area contributed by atoms with E-state index >= 15 is 0 Å². The van der Waals surface area contributed by atoms with E-state index in [0.717, 1.165) is 48.6 Å². The number of pyridine rings is 1. The van der Waals surface area contributed by atoms with Crippen molar-refractivity contribution in [3.05, 3.63) is 53.9 Å². The zero-order valence-electron chi connectivity index (χ0n) is 19.0. The maximum absolute atomic E-state index is 12.9. The number of nitrogens with zero attached hydrogens (tertiary/aromatic N) is 2. The average molecular weight is 440 g/mol. The zero-order valence-corrected chi connectivity index (χ0v) is 19.0. The maximum atomic E-state index is 12.9. The van der Waals surface area contributed by atoms with Crippen molar-refractivity contribution in [1.29, 1.82) is 0 Å². The minimum atomic E-state index is -0.0824. The molecule has 1 amide bonds. The molecule has 7 nitrogen and oxygen atoms in total. The molecule has 1 fully saturated rings. The van der Waals surface area contributed by atoms with E-state index in [1.165, 1.54) is 0 Å². The third-order valence-electron chi connectivity index (χ3n) is 5.95. The monoisotopic (exact) mass is 439 g/mol. The van der Waals surface area contributed by atoms with E-state index in [2.05, 4.69) is 29.0 Å². The highest BCUT2D eigenvalue weighted by Gasteiger charge is 2.27.